The van der Waals surface area contributed by atoms with E-state index in [1.807, 2.05) is 30.3 Å². The van der Waals surface area contributed by atoms with Crippen LogP contribution in [0.25, 0.3) is 38.8 Å². The predicted molar refractivity (Wildman–Crippen MR) is 118 cm³/mol. The van der Waals surface area contributed by atoms with E-state index in [4.69, 9.17) is 9.84 Å². The van der Waals surface area contributed by atoms with Crippen LogP contribution in [-0.2, 0) is 4.74 Å². The van der Waals surface area contributed by atoms with Crippen LogP contribution < -0.4 is 0 Å². The van der Waals surface area contributed by atoms with E-state index < -0.39 is 5.97 Å². The smallest absolute Gasteiger partial charge is 0.338 e. The minimum absolute atomic E-state index is 0.290. The van der Waals surface area contributed by atoms with Crippen molar-refractivity contribution in [1.29, 1.82) is 0 Å². The first-order valence-electron chi connectivity index (χ1n) is 9.95. The van der Waals surface area contributed by atoms with Gasteiger partial charge in [0.2, 0.25) is 0 Å². The maximum Gasteiger partial charge on any atom is 0.338 e. The van der Waals surface area contributed by atoms with Crippen LogP contribution in [-0.4, -0.2) is 27.3 Å². The van der Waals surface area contributed by atoms with Crippen molar-refractivity contribution in [3.05, 3.63) is 90.4 Å². The second-order valence-corrected chi connectivity index (χ2v) is 7.08. The van der Waals surface area contributed by atoms with Crippen LogP contribution in [0.3, 0.4) is 0 Å². The predicted octanol–water partition coefficient (Wildman–Crippen LogP) is 5.56. The van der Waals surface area contributed by atoms with E-state index in [0.717, 1.165) is 27.5 Å². The SMILES string of the molecule is CCOC(=O)c1ccc2ncc3c(-c4ccccc4)nn(-c4cccc(F)c4)c3c2c1. The van der Waals surface area contributed by atoms with E-state index in [9.17, 15) is 9.18 Å². The third kappa shape index (κ3) is 3.32. The fourth-order valence-corrected chi connectivity index (χ4v) is 3.73. The molecule has 0 bridgehead atoms. The van der Waals surface area contributed by atoms with E-state index in [1.165, 1.54) is 12.1 Å². The van der Waals surface area contributed by atoms with Gasteiger partial charge in [-0.1, -0.05) is 36.4 Å². The quantitative estimate of drug-likeness (QED) is 0.364. The molecule has 5 rings (SSSR count). The van der Waals surface area contributed by atoms with Gasteiger partial charge in [-0.3, -0.25) is 4.98 Å². The first-order chi connectivity index (χ1) is 15.2. The third-order valence-corrected chi connectivity index (χ3v) is 5.12. The van der Waals surface area contributed by atoms with Crippen molar-refractivity contribution in [2.45, 2.75) is 6.92 Å². The Bertz CT molecular complexity index is 1430. The number of fused-ring (bicyclic) bond motifs is 3. The van der Waals surface area contributed by atoms with Gasteiger partial charge in [0.15, 0.2) is 0 Å². The summed E-state index contributed by atoms with van der Waals surface area (Å²) in [6.07, 6.45) is 1.77. The van der Waals surface area contributed by atoms with Crippen LogP contribution in [0.15, 0.2) is 79.0 Å². The number of rotatable bonds is 4. The van der Waals surface area contributed by atoms with Crippen LogP contribution in [0.2, 0.25) is 0 Å². The topological polar surface area (TPSA) is 57.0 Å². The molecule has 2 aromatic heterocycles. The molecule has 0 amide bonds. The molecule has 31 heavy (non-hydrogen) atoms. The van der Waals surface area contributed by atoms with E-state index >= 15 is 0 Å². The summed E-state index contributed by atoms with van der Waals surface area (Å²) in [6.45, 7) is 2.06. The fraction of sp³-hybridized carbons (Fsp3) is 0.0800. The molecule has 0 radical (unpaired) electrons. The molecule has 0 aliphatic heterocycles. The average Bonchev–Trinajstić information content (AvgIpc) is 3.20. The normalized spacial score (nSPS) is 11.2. The molecule has 152 valence electrons. The number of pyridine rings is 1. The number of nitrogens with zero attached hydrogens (tertiary/aromatic N) is 3. The Morgan fingerprint density at radius 2 is 1.84 bits per heavy atom. The number of aromatic nitrogens is 3. The zero-order chi connectivity index (χ0) is 21.4. The van der Waals surface area contributed by atoms with Crippen LogP contribution in [0.5, 0.6) is 0 Å². The summed E-state index contributed by atoms with van der Waals surface area (Å²) in [7, 11) is 0. The molecule has 0 aliphatic rings. The maximum atomic E-state index is 14.0. The second kappa shape index (κ2) is 7.65. The van der Waals surface area contributed by atoms with Gasteiger partial charge in [-0.15, -0.1) is 0 Å². The van der Waals surface area contributed by atoms with Crippen molar-refractivity contribution in [2.75, 3.05) is 6.61 Å². The Labute approximate surface area is 177 Å². The fourth-order valence-electron chi connectivity index (χ4n) is 3.73. The minimum Gasteiger partial charge on any atom is -0.462 e. The number of halogens is 1. The number of hydrogen-bond donors (Lipinski definition) is 0. The summed E-state index contributed by atoms with van der Waals surface area (Å²) in [5.41, 5.74) is 4.12. The average molecular weight is 411 g/mol. The van der Waals surface area contributed by atoms with Crippen molar-refractivity contribution < 1.29 is 13.9 Å². The lowest BCUT2D eigenvalue weighted by atomic mass is 10.1. The van der Waals surface area contributed by atoms with Crippen molar-refractivity contribution in [2.24, 2.45) is 0 Å². The van der Waals surface area contributed by atoms with Gasteiger partial charge in [0, 0.05) is 22.5 Å². The molecule has 5 aromatic rings. The molecule has 0 saturated carbocycles. The van der Waals surface area contributed by atoms with E-state index in [1.54, 1.807) is 48.1 Å². The Balaban J connectivity index is 1.86. The summed E-state index contributed by atoms with van der Waals surface area (Å²) >= 11 is 0. The van der Waals surface area contributed by atoms with E-state index in [-0.39, 0.29) is 5.82 Å². The van der Waals surface area contributed by atoms with E-state index in [2.05, 4.69) is 4.98 Å². The molecule has 2 heterocycles. The highest BCUT2D eigenvalue weighted by molar-refractivity contribution is 6.10. The molecular formula is C25H18FN3O2. The van der Waals surface area contributed by atoms with Gasteiger partial charge in [-0.05, 0) is 43.3 Å². The van der Waals surface area contributed by atoms with Gasteiger partial charge >= 0.3 is 5.97 Å². The molecule has 0 unspecified atom stereocenters. The monoisotopic (exact) mass is 411 g/mol. The summed E-state index contributed by atoms with van der Waals surface area (Å²) < 4.78 is 20.9. The van der Waals surface area contributed by atoms with Gasteiger partial charge < -0.3 is 4.74 Å². The molecule has 0 N–H and O–H groups in total. The number of carbonyl (C=O) groups excluding carboxylic acids is 1. The number of esters is 1. The molecule has 0 spiro atoms. The Morgan fingerprint density at radius 3 is 2.61 bits per heavy atom. The summed E-state index contributed by atoms with van der Waals surface area (Å²) in [5, 5.41) is 6.37. The zero-order valence-electron chi connectivity index (χ0n) is 16.7. The molecule has 5 nitrogen and oxygen atoms in total. The van der Waals surface area contributed by atoms with Crippen molar-refractivity contribution in [1.82, 2.24) is 14.8 Å². The molecule has 0 aliphatic carbocycles. The Hall–Kier alpha value is -4.06. The Kier molecular flexibility index (Phi) is 4.67. The largest absolute Gasteiger partial charge is 0.462 e. The highest BCUT2D eigenvalue weighted by Crippen LogP contribution is 2.34. The van der Waals surface area contributed by atoms with Crippen LogP contribution in [0.1, 0.15) is 17.3 Å². The van der Waals surface area contributed by atoms with Crippen LogP contribution in [0.4, 0.5) is 4.39 Å². The molecule has 0 atom stereocenters. The van der Waals surface area contributed by atoms with Gasteiger partial charge in [-0.2, -0.15) is 5.10 Å². The molecular weight excluding hydrogens is 393 g/mol. The lowest BCUT2D eigenvalue weighted by Gasteiger charge is -2.08. The first-order valence-corrected chi connectivity index (χ1v) is 9.95. The number of carbonyl (C=O) groups is 1. The third-order valence-electron chi connectivity index (χ3n) is 5.12. The van der Waals surface area contributed by atoms with Crippen molar-refractivity contribution >= 4 is 27.8 Å². The number of hydrogen-bond acceptors (Lipinski definition) is 4. The maximum absolute atomic E-state index is 14.0. The molecule has 6 heteroatoms. The highest BCUT2D eigenvalue weighted by atomic mass is 19.1. The van der Waals surface area contributed by atoms with Gasteiger partial charge in [0.25, 0.3) is 0 Å². The molecule has 0 fully saturated rings. The highest BCUT2D eigenvalue weighted by Gasteiger charge is 2.18. The number of ether oxygens (including phenoxy) is 1. The molecule has 0 saturated heterocycles. The van der Waals surface area contributed by atoms with Crippen molar-refractivity contribution in [3.63, 3.8) is 0 Å². The summed E-state index contributed by atoms with van der Waals surface area (Å²) in [6, 6.07) is 21.3. The van der Waals surface area contributed by atoms with Gasteiger partial charge in [0.05, 0.1) is 28.9 Å². The minimum atomic E-state index is -0.401. The second-order valence-electron chi connectivity index (χ2n) is 7.08. The standard InChI is InChI=1S/C25H18FN3O2/c1-2-31-25(30)17-11-12-22-20(13-17)24-21(15-27-22)23(16-7-4-3-5-8-16)28-29(24)19-10-6-9-18(26)14-19/h3-15H,2H2,1H3. The van der Waals surface area contributed by atoms with Crippen LogP contribution in [0, 0.1) is 5.82 Å². The van der Waals surface area contributed by atoms with Crippen LogP contribution >= 0.6 is 0 Å². The lowest BCUT2D eigenvalue weighted by molar-refractivity contribution is 0.0526. The van der Waals surface area contributed by atoms with E-state index in [0.29, 0.717) is 23.4 Å². The first kappa shape index (κ1) is 18.9. The summed E-state index contributed by atoms with van der Waals surface area (Å²) in [4.78, 5) is 16.9. The summed E-state index contributed by atoms with van der Waals surface area (Å²) in [5.74, 6) is -0.755. The lowest BCUT2D eigenvalue weighted by Crippen LogP contribution is -2.04. The number of benzene rings is 3. The zero-order valence-corrected chi connectivity index (χ0v) is 16.7. The molecule has 3 aromatic carbocycles. The van der Waals surface area contributed by atoms with Gasteiger partial charge in [-0.25, -0.2) is 13.9 Å². The van der Waals surface area contributed by atoms with Crippen molar-refractivity contribution in [3.8, 4) is 16.9 Å². The van der Waals surface area contributed by atoms with Gasteiger partial charge in [0.1, 0.15) is 11.5 Å². The Morgan fingerprint density at radius 1 is 1.00 bits per heavy atom.